The molecule has 1 rings (SSSR count). The molecule has 1 amide bonds. The molecule has 88 valence electrons. The molecule has 1 atom stereocenters. The Balaban J connectivity index is 2.39. The maximum Gasteiger partial charge on any atom is 0.239 e. The van der Waals surface area contributed by atoms with Gasteiger partial charge in [-0.25, -0.2) is 0 Å². The minimum atomic E-state index is -0.302. The van der Waals surface area contributed by atoms with E-state index < -0.39 is 0 Å². The molecule has 3 nitrogen and oxygen atoms in total. The third-order valence-corrected chi connectivity index (χ3v) is 2.91. The molecule has 0 aromatic heterocycles. The monoisotopic (exact) mass is 212 g/mol. The Morgan fingerprint density at radius 3 is 2.47 bits per heavy atom. The molecule has 1 aliphatic rings. The highest BCUT2D eigenvalue weighted by molar-refractivity contribution is 5.81. The fraction of sp³-hybridized carbons (Fsp3) is 0.917. The number of amides is 1. The summed E-state index contributed by atoms with van der Waals surface area (Å²) in [5, 5.41) is 0. The number of hydrogen-bond donors (Lipinski definition) is 1. The molecule has 1 saturated carbocycles. The molecule has 15 heavy (non-hydrogen) atoms. The van der Waals surface area contributed by atoms with Gasteiger partial charge in [-0.1, -0.05) is 13.8 Å². The zero-order valence-corrected chi connectivity index (χ0v) is 10.2. The average molecular weight is 212 g/mol. The van der Waals surface area contributed by atoms with Crippen molar-refractivity contribution < 1.29 is 4.79 Å². The SMILES string of the molecule is CCN(CC1CC1)C(=O)C(N)CC(C)C. The van der Waals surface area contributed by atoms with Crippen molar-refractivity contribution in [3.63, 3.8) is 0 Å². The Labute approximate surface area is 93.0 Å². The predicted molar refractivity (Wildman–Crippen MR) is 62.4 cm³/mol. The van der Waals surface area contributed by atoms with Gasteiger partial charge in [0.05, 0.1) is 6.04 Å². The van der Waals surface area contributed by atoms with Crippen LogP contribution in [0.3, 0.4) is 0 Å². The molecule has 3 heteroatoms. The van der Waals surface area contributed by atoms with Crippen LogP contribution in [0.15, 0.2) is 0 Å². The molecule has 0 saturated heterocycles. The highest BCUT2D eigenvalue weighted by Crippen LogP contribution is 2.29. The smallest absolute Gasteiger partial charge is 0.239 e. The number of likely N-dealkylation sites (N-methyl/N-ethyl adjacent to an activating group) is 1. The molecular weight excluding hydrogens is 188 g/mol. The summed E-state index contributed by atoms with van der Waals surface area (Å²) >= 11 is 0. The Bertz CT molecular complexity index is 212. The molecule has 2 N–H and O–H groups in total. The van der Waals surface area contributed by atoms with Crippen molar-refractivity contribution in [2.45, 2.75) is 46.1 Å². The van der Waals surface area contributed by atoms with Crippen LogP contribution in [0.2, 0.25) is 0 Å². The summed E-state index contributed by atoms with van der Waals surface area (Å²) < 4.78 is 0. The Morgan fingerprint density at radius 1 is 1.47 bits per heavy atom. The molecule has 1 aliphatic carbocycles. The Morgan fingerprint density at radius 2 is 2.07 bits per heavy atom. The van der Waals surface area contributed by atoms with Crippen LogP contribution >= 0.6 is 0 Å². The predicted octanol–water partition coefficient (Wildman–Crippen LogP) is 1.62. The van der Waals surface area contributed by atoms with E-state index in [2.05, 4.69) is 13.8 Å². The third kappa shape index (κ3) is 4.20. The van der Waals surface area contributed by atoms with Crippen LogP contribution in [0.4, 0.5) is 0 Å². The van der Waals surface area contributed by atoms with Crippen molar-refractivity contribution in [3.8, 4) is 0 Å². The van der Waals surface area contributed by atoms with Gasteiger partial charge in [0.1, 0.15) is 0 Å². The summed E-state index contributed by atoms with van der Waals surface area (Å²) in [6.07, 6.45) is 3.35. The van der Waals surface area contributed by atoms with Crippen LogP contribution in [-0.4, -0.2) is 29.9 Å². The van der Waals surface area contributed by atoms with E-state index in [1.807, 2.05) is 11.8 Å². The molecule has 0 bridgehead atoms. The number of hydrogen-bond acceptors (Lipinski definition) is 2. The van der Waals surface area contributed by atoms with Crippen LogP contribution in [0.25, 0.3) is 0 Å². The highest BCUT2D eigenvalue weighted by atomic mass is 16.2. The van der Waals surface area contributed by atoms with E-state index in [-0.39, 0.29) is 11.9 Å². The first kappa shape index (κ1) is 12.5. The first-order valence-electron chi connectivity index (χ1n) is 6.09. The molecule has 0 heterocycles. The van der Waals surface area contributed by atoms with E-state index in [1.54, 1.807) is 0 Å². The minimum Gasteiger partial charge on any atom is -0.341 e. The maximum atomic E-state index is 12.0. The fourth-order valence-electron chi connectivity index (χ4n) is 1.83. The van der Waals surface area contributed by atoms with Crippen molar-refractivity contribution in [3.05, 3.63) is 0 Å². The van der Waals surface area contributed by atoms with Gasteiger partial charge in [0.15, 0.2) is 0 Å². The fourth-order valence-corrected chi connectivity index (χ4v) is 1.83. The summed E-state index contributed by atoms with van der Waals surface area (Å²) in [6, 6.07) is -0.302. The summed E-state index contributed by atoms with van der Waals surface area (Å²) in [6.45, 7) is 7.94. The standard InChI is InChI=1S/C12H24N2O/c1-4-14(8-10-5-6-10)12(15)11(13)7-9(2)3/h9-11H,4-8,13H2,1-3H3. The lowest BCUT2D eigenvalue weighted by atomic mass is 10.0. The summed E-state index contributed by atoms with van der Waals surface area (Å²) in [5.41, 5.74) is 5.90. The Hall–Kier alpha value is -0.570. The van der Waals surface area contributed by atoms with E-state index in [0.29, 0.717) is 5.92 Å². The summed E-state index contributed by atoms with van der Waals surface area (Å²) in [5.74, 6) is 1.38. The molecule has 0 aromatic carbocycles. The zero-order valence-electron chi connectivity index (χ0n) is 10.2. The largest absolute Gasteiger partial charge is 0.341 e. The highest BCUT2D eigenvalue weighted by Gasteiger charge is 2.28. The van der Waals surface area contributed by atoms with Gasteiger partial charge in [-0.2, -0.15) is 0 Å². The minimum absolute atomic E-state index is 0.137. The number of nitrogens with two attached hydrogens (primary N) is 1. The lowest BCUT2D eigenvalue weighted by Crippen LogP contribution is -2.45. The molecule has 0 aromatic rings. The summed E-state index contributed by atoms with van der Waals surface area (Å²) in [7, 11) is 0. The third-order valence-electron chi connectivity index (χ3n) is 2.91. The van der Waals surface area contributed by atoms with E-state index in [9.17, 15) is 4.79 Å². The van der Waals surface area contributed by atoms with Gasteiger partial charge in [0.2, 0.25) is 5.91 Å². The molecule has 0 aliphatic heterocycles. The quantitative estimate of drug-likeness (QED) is 0.727. The van der Waals surface area contributed by atoms with Gasteiger partial charge < -0.3 is 10.6 Å². The van der Waals surface area contributed by atoms with Gasteiger partial charge in [0.25, 0.3) is 0 Å². The van der Waals surface area contributed by atoms with E-state index in [0.717, 1.165) is 25.4 Å². The van der Waals surface area contributed by atoms with Gasteiger partial charge in [-0.15, -0.1) is 0 Å². The molecule has 0 radical (unpaired) electrons. The Kier molecular flexibility index (Phi) is 4.58. The average Bonchev–Trinajstić information content (AvgIpc) is 2.95. The van der Waals surface area contributed by atoms with E-state index in [4.69, 9.17) is 5.73 Å². The van der Waals surface area contributed by atoms with Gasteiger partial charge in [-0.05, 0) is 38.0 Å². The molecule has 1 unspecified atom stereocenters. The van der Waals surface area contributed by atoms with Crippen LogP contribution in [0.1, 0.15) is 40.0 Å². The van der Waals surface area contributed by atoms with Gasteiger partial charge in [0, 0.05) is 13.1 Å². The first-order valence-corrected chi connectivity index (χ1v) is 6.09. The van der Waals surface area contributed by atoms with E-state index >= 15 is 0 Å². The van der Waals surface area contributed by atoms with Crippen molar-refractivity contribution in [2.24, 2.45) is 17.6 Å². The van der Waals surface area contributed by atoms with Gasteiger partial charge >= 0.3 is 0 Å². The van der Waals surface area contributed by atoms with Crippen LogP contribution < -0.4 is 5.73 Å². The number of carbonyl (C=O) groups excluding carboxylic acids is 1. The van der Waals surface area contributed by atoms with Crippen LogP contribution in [0.5, 0.6) is 0 Å². The topological polar surface area (TPSA) is 46.3 Å². The van der Waals surface area contributed by atoms with Crippen molar-refractivity contribution >= 4 is 5.91 Å². The molecule has 0 spiro atoms. The lowest BCUT2D eigenvalue weighted by molar-refractivity contribution is -0.133. The second kappa shape index (κ2) is 5.50. The number of nitrogens with zero attached hydrogens (tertiary/aromatic N) is 1. The maximum absolute atomic E-state index is 12.0. The lowest BCUT2D eigenvalue weighted by Gasteiger charge is -2.25. The van der Waals surface area contributed by atoms with Crippen molar-refractivity contribution in [1.29, 1.82) is 0 Å². The zero-order chi connectivity index (χ0) is 11.4. The van der Waals surface area contributed by atoms with Crippen LogP contribution in [0, 0.1) is 11.8 Å². The van der Waals surface area contributed by atoms with Crippen molar-refractivity contribution in [1.82, 2.24) is 4.90 Å². The van der Waals surface area contributed by atoms with Crippen molar-refractivity contribution in [2.75, 3.05) is 13.1 Å². The molecule has 1 fully saturated rings. The van der Waals surface area contributed by atoms with E-state index in [1.165, 1.54) is 12.8 Å². The van der Waals surface area contributed by atoms with Gasteiger partial charge in [-0.3, -0.25) is 4.79 Å². The normalized spacial score (nSPS) is 17.9. The second-order valence-corrected chi connectivity index (χ2v) is 5.06. The number of carbonyl (C=O) groups is 1. The first-order chi connectivity index (χ1) is 7.04. The molecular formula is C12H24N2O. The summed E-state index contributed by atoms with van der Waals surface area (Å²) in [4.78, 5) is 13.9. The second-order valence-electron chi connectivity index (χ2n) is 5.06. The number of rotatable bonds is 6. The van der Waals surface area contributed by atoms with Crippen LogP contribution in [-0.2, 0) is 4.79 Å².